The molecule has 1 aliphatic rings. The van der Waals surface area contributed by atoms with Gasteiger partial charge in [-0.25, -0.2) is 0 Å². The Morgan fingerprint density at radius 2 is 1.24 bits per heavy atom. The number of aryl methyl sites for hydroxylation is 1. The smallest absolute Gasteiger partial charge is 0.188 e. The highest BCUT2D eigenvalue weighted by Gasteiger charge is 2.34. The Kier molecular flexibility index (Phi) is 8.71. The molecule has 0 amide bonds. The van der Waals surface area contributed by atoms with Crippen molar-refractivity contribution in [2.45, 2.75) is 31.5 Å². The maximum atomic E-state index is 5.69. The summed E-state index contributed by atoms with van der Waals surface area (Å²) in [5.74, 6) is 1.58. The molecular weight excluding hydrogens is 474 g/mol. The predicted molar refractivity (Wildman–Crippen MR) is 149 cm³/mol. The average molecular weight is 510 g/mol. The number of nitrogens with zero attached hydrogens (tertiary/aromatic N) is 1. The maximum absolute atomic E-state index is 5.69. The molecular formula is C33H35NO4. The van der Waals surface area contributed by atoms with E-state index in [0.717, 1.165) is 30.9 Å². The topological polar surface area (TPSA) is 40.2 Å². The second kappa shape index (κ2) is 12.7. The van der Waals surface area contributed by atoms with Crippen LogP contribution in [0.1, 0.15) is 46.3 Å². The van der Waals surface area contributed by atoms with E-state index in [1.165, 1.54) is 27.8 Å². The van der Waals surface area contributed by atoms with Crippen LogP contribution in [-0.4, -0.2) is 32.7 Å². The lowest BCUT2D eigenvalue weighted by Gasteiger charge is -2.38. The van der Waals surface area contributed by atoms with Crippen LogP contribution in [0.2, 0.25) is 0 Å². The average Bonchev–Trinajstić information content (AvgIpc) is 3.40. The van der Waals surface area contributed by atoms with Crippen LogP contribution in [0.4, 0.5) is 0 Å². The maximum Gasteiger partial charge on any atom is 0.188 e. The van der Waals surface area contributed by atoms with E-state index in [-0.39, 0.29) is 19.6 Å². The third-order valence-electron chi connectivity index (χ3n) is 7.12. The van der Waals surface area contributed by atoms with E-state index in [0.29, 0.717) is 6.04 Å². The Balaban J connectivity index is 1.57. The molecule has 1 atom stereocenters. The van der Waals surface area contributed by atoms with Crippen molar-refractivity contribution in [1.29, 1.82) is 0 Å². The zero-order valence-electron chi connectivity index (χ0n) is 22.1. The van der Waals surface area contributed by atoms with E-state index in [1.54, 1.807) is 14.2 Å². The molecule has 5 heteroatoms. The number of hydrogen-bond acceptors (Lipinski definition) is 5. The Morgan fingerprint density at radius 1 is 0.684 bits per heavy atom. The van der Waals surface area contributed by atoms with Crippen LogP contribution in [0.5, 0.6) is 11.5 Å². The predicted octanol–water partition coefficient (Wildman–Crippen LogP) is 6.93. The van der Waals surface area contributed by atoms with Gasteiger partial charge in [-0.2, -0.15) is 0 Å². The van der Waals surface area contributed by atoms with Crippen LogP contribution in [0.25, 0.3) is 0 Å². The molecule has 5 nitrogen and oxygen atoms in total. The molecule has 0 radical (unpaired) electrons. The zero-order valence-corrected chi connectivity index (χ0v) is 22.1. The fraction of sp³-hybridized carbons (Fsp3) is 0.273. The van der Waals surface area contributed by atoms with Crippen LogP contribution in [0, 0.1) is 0 Å². The number of benzene rings is 4. The summed E-state index contributed by atoms with van der Waals surface area (Å²) in [6.45, 7) is 1.28. The van der Waals surface area contributed by atoms with Crippen LogP contribution >= 0.6 is 0 Å². The molecule has 0 saturated heterocycles. The van der Waals surface area contributed by atoms with Crippen molar-refractivity contribution in [2.24, 2.45) is 0 Å². The van der Waals surface area contributed by atoms with Gasteiger partial charge in [-0.05, 0) is 64.9 Å². The van der Waals surface area contributed by atoms with Gasteiger partial charge in [-0.3, -0.25) is 4.90 Å². The highest BCUT2D eigenvalue weighted by atomic mass is 16.7. The molecule has 0 aliphatic heterocycles. The van der Waals surface area contributed by atoms with Gasteiger partial charge in [-0.15, -0.1) is 0 Å². The molecule has 38 heavy (non-hydrogen) atoms. The first-order valence-electron chi connectivity index (χ1n) is 13.1. The summed E-state index contributed by atoms with van der Waals surface area (Å²) >= 11 is 0. The first kappa shape index (κ1) is 26.0. The van der Waals surface area contributed by atoms with E-state index in [1.807, 2.05) is 24.3 Å². The first-order valence-corrected chi connectivity index (χ1v) is 13.1. The molecule has 0 fully saturated rings. The van der Waals surface area contributed by atoms with Gasteiger partial charge in [0.25, 0.3) is 0 Å². The molecule has 4 aromatic rings. The number of fused-ring (bicyclic) bond motifs is 1. The summed E-state index contributed by atoms with van der Waals surface area (Å²) in [6.07, 6.45) is 2.18. The monoisotopic (exact) mass is 509 g/mol. The van der Waals surface area contributed by atoms with Crippen molar-refractivity contribution in [3.05, 3.63) is 131 Å². The van der Waals surface area contributed by atoms with Gasteiger partial charge in [0.1, 0.15) is 11.5 Å². The van der Waals surface area contributed by atoms with E-state index in [9.17, 15) is 0 Å². The van der Waals surface area contributed by atoms with Crippen LogP contribution < -0.4 is 9.47 Å². The standard InChI is InChI=1S/C33H35NO4/c1-35-23-37-29-17-12-27(13-18-29)33(28-14-19-30(20-15-28)38-24-36-2)34(22-25-8-4-3-5-9-25)32-21-16-26-10-6-7-11-31(26)32/h3-15,17-20,32-33H,16,21-24H2,1-2H3. The number of hydrogen-bond donors (Lipinski definition) is 0. The van der Waals surface area contributed by atoms with E-state index in [2.05, 4.69) is 83.8 Å². The van der Waals surface area contributed by atoms with Gasteiger partial charge in [0, 0.05) is 26.8 Å². The molecule has 0 bridgehead atoms. The van der Waals surface area contributed by atoms with Gasteiger partial charge >= 0.3 is 0 Å². The van der Waals surface area contributed by atoms with Gasteiger partial charge in [0.2, 0.25) is 0 Å². The van der Waals surface area contributed by atoms with Gasteiger partial charge in [-0.1, -0.05) is 78.9 Å². The fourth-order valence-corrected chi connectivity index (χ4v) is 5.38. The molecule has 0 spiro atoms. The summed E-state index contributed by atoms with van der Waals surface area (Å²) in [5, 5.41) is 0. The Morgan fingerprint density at radius 3 is 1.82 bits per heavy atom. The Labute approximate surface area is 225 Å². The first-order chi connectivity index (χ1) is 18.8. The summed E-state index contributed by atoms with van der Waals surface area (Å²) in [4.78, 5) is 2.65. The highest BCUT2D eigenvalue weighted by molar-refractivity contribution is 5.41. The summed E-state index contributed by atoms with van der Waals surface area (Å²) in [7, 11) is 3.26. The summed E-state index contributed by atoms with van der Waals surface area (Å²) < 4.78 is 21.5. The third kappa shape index (κ3) is 6.08. The third-order valence-corrected chi connectivity index (χ3v) is 7.12. The second-order valence-electron chi connectivity index (χ2n) is 9.55. The summed E-state index contributed by atoms with van der Waals surface area (Å²) in [6, 6.07) is 36.8. The lowest BCUT2D eigenvalue weighted by Crippen LogP contribution is -2.32. The fourth-order valence-electron chi connectivity index (χ4n) is 5.38. The normalized spacial score (nSPS) is 14.6. The van der Waals surface area contributed by atoms with Crippen LogP contribution in [0.15, 0.2) is 103 Å². The van der Waals surface area contributed by atoms with Crippen LogP contribution in [-0.2, 0) is 22.4 Å². The van der Waals surface area contributed by atoms with Crippen molar-refractivity contribution < 1.29 is 18.9 Å². The molecule has 0 heterocycles. The minimum atomic E-state index is 0.0271. The van der Waals surface area contributed by atoms with E-state index < -0.39 is 0 Å². The quantitative estimate of drug-likeness (QED) is 0.194. The lowest BCUT2D eigenvalue weighted by atomic mass is 9.93. The second-order valence-corrected chi connectivity index (χ2v) is 9.55. The SMILES string of the molecule is COCOc1ccc(C(c2ccc(OCOC)cc2)N(Cc2ccccc2)C2CCc3ccccc32)cc1. The minimum absolute atomic E-state index is 0.0271. The highest BCUT2D eigenvalue weighted by Crippen LogP contribution is 2.43. The number of methoxy groups -OCH3 is 2. The lowest BCUT2D eigenvalue weighted by molar-refractivity contribution is 0.0509. The zero-order chi connectivity index (χ0) is 26.2. The number of ether oxygens (including phenoxy) is 4. The minimum Gasteiger partial charge on any atom is -0.468 e. The molecule has 0 saturated carbocycles. The van der Waals surface area contributed by atoms with E-state index >= 15 is 0 Å². The van der Waals surface area contributed by atoms with Gasteiger partial charge in [0.05, 0.1) is 6.04 Å². The Hall–Kier alpha value is -3.64. The van der Waals surface area contributed by atoms with Crippen molar-refractivity contribution in [2.75, 3.05) is 27.8 Å². The van der Waals surface area contributed by atoms with Crippen molar-refractivity contribution in [3.63, 3.8) is 0 Å². The molecule has 0 aromatic heterocycles. The molecule has 5 rings (SSSR count). The largest absolute Gasteiger partial charge is 0.468 e. The molecule has 196 valence electrons. The van der Waals surface area contributed by atoms with Crippen molar-refractivity contribution in [3.8, 4) is 11.5 Å². The molecule has 1 aliphatic carbocycles. The molecule has 1 unspecified atom stereocenters. The van der Waals surface area contributed by atoms with Gasteiger partial charge in [0.15, 0.2) is 13.6 Å². The van der Waals surface area contributed by atoms with E-state index in [4.69, 9.17) is 18.9 Å². The Bertz CT molecular complexity index is 1220. The molecule has 0 N–H and O–H groups in total. The van der Waals surface area contributed by atoms with Crippen molar-refractivity contribution in [1.82, 2.24) is 4.90 Å². The van der Waals surface area contributed by atoms with Crippen molar-refractivity contribution >= 4 is 0 Å². The van der Waals surface area contributed by atoms with Crippen LogP contribution in [0.3, 0.4) is 0 Å². The number of rotatable bonds is 12. The van der Waals surface area contributed by atoms with Gasteiger partial charge < -0.3 is 18.9 Å². The molecule has 4 aromatic carbocycles. The summed E-state index contributed by atoms with van der Waals surface area (Å²) in [5.41, 5.74) is 6.58.